The number of methoxy groups -OCH3 is 1. The molecule has 0 spiro atoms. The number of amides is 1. The van der Waals surface area contributed by atoms with Crippen LogP contribution in [0.15, 0.2) is 53.4 Å². The normalized spacial score (nSPS) is 10.3. The Kier molecular flexibility index (Phi) is 6.62. The van der Waals surface area contributed by atoms with Crippen molar-refractivity contribution in [1.82, 2.24) is 5.32 Å². The Bertz CT molecular complexity index is 619. The van der Waals surface area contributed by atoms with E-state index in [1.165, 1.54) is 4.90 Å². The van der Waals surface area contributed by atoms with Gasteiger partial charge in [-0.2, -0.15) is 0 Å². The smallest absolute Gasteiger partial charge is 0.224 e. The minimum Gasteiger partial charge on any atom is -0.496 e. The largest absolute Gasteiger partial charge is 0.496 e. The number of rotatable bonds is 7. The standard InChI is InChI=1S/C17H18ClNO2S/c1-21-16-8-7-14(18)11-13(16)12-17(20)19-9-10-22-15-5-3-2-4-6-15/h2-8,11H,9-10,12H2,1H3,(H,19,20). The summed E-state index contributed by atoms with van der Waals surface area (Å²) in [5, 5.41) is 3.51. The van der Waals surface area contributed by atoms with Crippen molar-refractivity contribution < 1.29 is 9.53 Å². The Balaban J connectivity index is 1.77. The van der Waals surface area contributed by atoms with Crippen molar-refractivity contribution >= 4 is 29.3 Å². The van der Waals surface area contributed by atoms with Crippen LogP contribution in [0.1, 0.15) is 5.56 Å². The average Bonchev–Trinajstić information content (AvgIpc) is 2.53. The fourth-order valence-electron chi connectivity index (χ4n) is 2.00. The van der Waals surface area contributed by atoms with Gasteiger partial charge in [0, 0.05) is 27.8 Å². The Morgan fingerprint density at radius 1 is 1.23 bits per heavy atom. The predicted octanol–water partition coefficient (Wildman–Crippen LogP) is 3.80. The highest BCUT2D eigenvalue weighted by atomic mass is 35.5. The third kappa shape index (κ3) is 5.28. The van der Waals surface area contributed by atoms with Crippen molar-refractivity contribution in [3.05, 3.63) is 59.1 Å². The number of carbonyl (C=O) groups excluding carboxylic acids is 1. The number of ether oxygens (including phenoxy) is 1. The van der Waals surface area contributed by atoms with E-state index in [0.717, 1.165) is 11.3 Å². The van der Waals surface area contributed by atoms with Crippen LogP contribution in [-0.4, -0.2) is 25.3 Å². The SMILES string of the molecule is COc1ccc(Cl)cc1CC(=O)NCCSc1ccccc1. The van der Waals surface area contributed by atoms with Crippen LogP contribution in [0.3, 0.4) is 0 Å². The Hall–Kier alpha value is -1.65. The zero-order valence-corrected chi connectivity index (χ0v) is 13.9. The Labute approximate surface area is 140 Å². The molecule has 0 radical (unpaired) electrons. The molecule has 2 rings (SSSR count). The van der Waals surface area contributed by atoms with E-state index in [0.29, 0.717) is 17.3 Å². The van der Waals surface area contributed by atoms with E-state index >= 15 is 0 Å². The number of benzene rings is 2. The van der Waals surface area contributed by atoms with Crippen molar-refractivity contribution in [2.45, 2.75) is 11.3 Å². The summed E-state index contributed by atoms with van der Waals surface area (Å²) in [5.41, 5.74) is 0.795. The third-order valence-electron chi connectivity index (χ3n) is 3.03. The molecule has 0 atom stereocenters. The molecule has 1 amide bonds. The van der Waals surface area contributed by atoms with E-state index in [2.05, 4.69) is 17.4 Å². The van der Waals surface area contributed by atoms with Crippen LogP contribution in [0, 0.1) is 0 Å². The molecule has 0 saturated carbocycles. The van der Waals surface area contributed by atoms with E-state index in [1.54, 1.807) is 37.1 Å². The molecule has 0 aliphatic rings. The summed E-state index contributed by atoms with van der Waals surface area (Å²) in [5.74, 6) is 1.48. The quantitative estimate of drug-likeness (QED) is 0.618. The molecule has 0 saturated heterocycles. The molecule has 2 aromatic carbocycles. The van der Waals surface area contributed by atoms with Crippen molar-refractivity contribution in [2.24, 2.45) is 0 Å². The number of nitrogens with one attached hydrogen (secondary N) is 1. The first kappa shape index (κ1) is 16.7. The molecule has 0 heterocycles. The summed E-state index contributed by atoms with van der Waals surface area (Å²) in [6, 6.07) is 15.4. The molecule has 0 aromatic heterocycles. The topological polar surface area (TPSA) is 38.3 Å². The highest BCUT2D eigenvalue weighted by Gasteiger charge is 2.09. The lowest BCUT2D eigenvalue weighted by Crippen LogP contribution is -2.27. The van der Waals surface area contributed by atoms with Crippen molar-refractivity contribution in [1.29, 1.82) is 0 Å². The maximum absolute atomic E-state index is 12.0. The number of hydrogen-bond acceptors (Lipinski definition) is 3. The maximum Gasteiger partial charge on any atom is 0.224 e. The number of carbonyl (C=O) groups is 1. The van der Waals surface area contributed by atoms with Crippen LogP contribution < -0.4 is 10.1 Å². The lowest BCUT2D eigenvalue weighted by atomic mass is 10.1. The maximum atomic E-state index is 12.0. The highest BCUT2D eigenvalue weighted by Crippen LogP contribution is 2.23. The van der Waals surface area contributed by atoms with E-state index in [1.807, 2.05) is 18.2 Å². The first-order valence-corrected chi connectivity index (χ1v) is 8.32. The second-order valence-corrected chi connectivity index (χ2v) is 6.25. The van der Waals surface area contributed by atoms with E-state index < -0.39 is 0 Å². The zero-order valence-electron chi connectivity index (χ0n) is 12.3. The summed E-state index contributed by atoms with van der Waals surface area (Å²) >= 11 is 7.68. The van der Waals surface area contributed by atoms with Gasteiger partial charge in [0.05, 0.1) is 13.5 Å². The fourth-order valence-corrected chi connectivity index (χ4v) is 2.98. The summed E-state index contributed by atoms with van der Waals surface area (Å²) in [6.45, 7) is 0.626. The van der Waals surface area contributed by atoms with Crippen LogP contribution >= 0.6 is 23.4 Å². The van der Waals surface area contributed by atoms with Gasteiger partial charge in [0.1, 0.15) is 5.75 Å². The highest BCUT2D eigenvalue weighted by molar-refractivity contribution is 7.99. The second kappa shape index (κ2) is 8.71. The molecule has 116 valence electrons. The summed E-state index contributed by atoms with van der Waals surface area (Å²) in [6.07, 6.45) is 0.264. The molecule has 0 bridgehead atoms. The number of halogens is 1. The van der Waals surface area contributed by atoms with Crippen molar-refractivity contribution in [3.63, 3.8) is 0 Å². The summed E-state index contributed by atoms with van der Waals surface area (Å²) < 4.78 is 5.24. The first-order chi connectivity index (χ1) is 10.7. The molecule has 5 heteroatoms. The van der Waals surface area contributed by atoms with Gasteiger partial charge in [0.25, 0.3) is 0 Å². The van der Waals surface area contributed by atoms with Crippen LogP contribution in [0.5, 0.6) is 5.75 Å². The first-order valence-electron chi connectivity index (χ1n) is 6.96. The van der Waals surface area contributed by atoms with Gasteiger partial charge in [-0.05, 0) is 30.3 Å². The van der Waals surface area contributed by atoms with Crippen LogP contribution in [-0.2, 0) is 11.2 Å². The van der Waals surface area contributed by atoms with Gasteiger partial charge in [0.15, 0.2) is 0 Å². The van der Waals surface area contributed by atoms with E-state index in [4.69, 9.17) is 16.3 Å². The van der Waals surface area contributed by atoms with Crippen LogP contribution in [0.4, 0.5) is 0 Å². The van der Waals surface area contributed by atoms with E-state index in [-0.39, 0.29) is 12.3 Å². The monoisotopic (exact) mass is 335 g/mol. The summed E-state index contributed by atoms with van der Waals surface area (Å²) in [7, 11) is 1.58. The second-order valence-electron chi connectivity index (χ2n) is 4.64. The van der Waals surface area contributed by atoms with Gasteiger partial charge in [0.2, 0.25) is 5.91 Å². The molecular weight excluding hydrogens is 318 g/mol. The zero-order chi connectivity index (χ0) is 15.8. The fraction of sp³-hybridized carbons (Fsp3) is 0.235. The lowest BCUT2D eigenvalue weighted by Gasteiger charge is -2.09. The molecule has 0 aliphatic heterocycles. The van der Waals surface area contributed by atoms with E-state index in [9.17, 15) is 4.79 Å². The minimum absolute atomic E-state index is 0.0331. The molecule has 3 nitrogen and oxygen atoms in total. The predicted molar refractivity (Wildman–Crippen MR) is 91.9 cm³/mol. The van der Waals surface area contributed by atoms with Crippen molar-refractivity contribution in [3.8, 4) is 5.75 Å². The van der Waals surface area contributed by atoms with Gasteiger partial charge >= 0.3 is 0 Å². The Morgan fingerprint density at radius 3 is 2.73 bits per heavy atom. The van der Waals surface area contributed by atoms with Crippen LogP contribution in [0.2, 0.25) is 5.02 Å². The lowest BCUT2D eigenvalue weighted by molar-refractivity contribution is -0.120. The van der Waals surface area contributed by atoms with Gasteiger partial charge in [-0.15, -0.1) is 11.8 Å². The molecular formula is C17H18ClNO2S. The third-order valence-corrected chi connectivity index (χ3v) is 4.28. The molecule has 0 unspecified atom stereocenters. The molecule has 1 N–H and O–H groups in total. The average molecular weight is 336 g/mol. The summed E-state index contributed by atoms with van der Waals surface area (Å²) in [4.78, 5) is 13.2. The van der Waals surface area contributed by atoms with Crippen molar-refractivity contribution in [2.75, 3.05) is 19.4 Å². The number of thioether (sulfide) groups is 1. The number of hydrogen-bond donors (Lipinski definition) is 1. The van der Waals surface area contributed by atoms with Gasteiger partial charge < -0.3 is 10.1 Å². The molecule has 0 fully saturated rings. The van der Waals surface area contributed by atoms with Gasteiger partial charge in [-0.3, -0.25) is 4.79 Å². The minimum atomic E-state index is -0.0331. The molecule has 2 aromatic rings. The van der Waals surface area contributed by atoms with Gasteiger partial charge in [-0.1, -0.05) is 29.8 Å². The molecule has 22 heavy (non-hydrogen) atoms. The Morgan fingerprint density at radius 2 is 2.00 bits per heavy atom. The molecule has 0 aliphatic carbocycles. The van der Waals surface area contributed by atoms with Crippen LogP contribution in [0.25, 0.3) is 0 Å². The van der Waals surface area contributed by atoms with Gasteiger partial charge in [-0.25, -0.2) is 0 Å².